The number of nitrogens with zero attached hydrogens (tertiary/aromatic N) is 1. The maximum absolute atomic E-state index is 13.2. The van der Waals surface area contributed by atoms with Crippen molar-refractivity contribution in [1.82, 2.24) is 10.2 Å². The number of carboxylic acid groups (broad SMARTS) is 1. The summed E-state index contributed by atoms with van der Waals surface area (Å²) in [6.07, 6.45) is 0.722. The van der Waals surface area contributed by atoms with Crippen molar-refractivity contribution in [2.24, 2.45) is 34.3 Å². The van der Waals surface area contributed by atoms with Gasteiger partial charge in [-0.3, -0.25) is 9.59 Å². The van der Waals surface area contributed by atoms with E-state index in [-0.39, 0.29) is 29.1 Å². The van der Waals surface area contributed by atoms with Crippen molar-refractivity contribution in [3.63, 3.8) is 0 Å². The first-order chi connectivity index (χ1) is 13.3. The third-order valence-corrected chi connectivity index (χ3v) is 7.21. The Bertz CT molecular complexity index is 697. The number of aliphatic carboxylic acids is 1. The van der Waals surface area contributed by atoms with Crippen LogP contribution in [-0.4, -0.2) is 63.7 Å². The highest BCUT2D eigenvalue weighted by Gasteiger charge is 2.69. The lowest BCUT2D eigenvalue weighted by Gasteiger charge is -2.36. The van der Waals surface area contributed by atoms with Crippen molar-refractivity contribution in [3.8, 4) is 0 Å². The first-order valence-electron chi connectivity index (χ1n) is 10.5. The lowest BCUT2D eigenvalue weighted by molar-refractivity contribution is -0.150. The smallest absolute Gasteiger partial charge is 0.334 e. The number of hydrogen-bond donors (Lipinski definition) is 4. The number of nitrogens with two attached hydrogens (primary N) is 1. The van der Waals surface area contributed by atoms with Gasteiger partial charge in [-0.2, -0.15) is 0 Å². The standard InChI is InChI=1S/C21H35N3O5/c1-20(2,3)16(22)18(27)24-9-11-13(21(11,4)5)14(24)17(26)23-12(8-10-6-7-10)15(25)19(28)29/h10-16,25H,6-9,22H2,1-5H3,(H,23,26)(H,28,29)/t11-,12?,13-,14-,15?,16+/m0/s1. The van der Waals surface area contributed by atoms with E-state index in [1.807, 2.05) is 20.8 Å². The van der Waals surface area contributed by atoms with Gasteiger partial charge in [0.15, 0.2) is 6.10 Å². The van der Waals surface area contributed by atoms with Gasteiger partial charge < -0.3 is 26.2 Å². The molecule has 5 N–H and O–H groups in total. The van der Waals surface area contributed by atoms with Gasteiger partial charge in [0.2, 0.25) is 11.8 Å². The van der Waals surface area contributed by atoms with E-state index in [1.54, 1.807) is 4.90 Å². The van der Waals surface area contributed by atoms with Crippen molar-refractivity contribution in [3.05, 3.63) is 0 Å². The number of carbonyl (C=O) groups excluding carboxylic acids is 2. The van der Waals surface area contributed by atoms with Crippen molar-refractivity contribution in [2.75, 3.05) is 6.54 Å². The molecule has 1 heterocycles. The second kappa shape index (κ2) is 7.23. The molecule has 8 nitrogen and oxygen atoms in total. The number of aliphatic hydroxyl groups excluding tert-OH is 1. The van der Waals surface area contributed by atoms with Crippen molar-refractivity contribution in [2.45, 2.75) is 78.1 Å². The van der Waals surface area contributed by atoms with Crippen molar-refractivity contribution in [1.29, 1.82) is 0 Å². The van der Waals surface area contributed by atoms with Crippen LogP contribution >= 0.6 is 0 Å². The second-order valence-electron chi connectivity index (χ2n) is 10.8. The van der Waals surface area contributed by atoms with Crippen LogP contribution in [0.4, 0.5) is 0 Å². The number of nitrogens with one attached hydrogen (secondary N) is 1. The Morgan fingerprint density at radius 1 is 1.24 bits per heavy atom. The Balaban J connectivity index is 1.79. The summed E-state index contributed by atoms with van der Waals surface area (Å²) in [5.41, 5.74) is 5.70. The summed E-state index contributed by atoms with van der Waals surface area (Å²) in [4.78, 5) is 39.2. The van der Waals surface area contributed by atoms with Gasteiger partial charge in [0.05, 0.1) is 12.1 Å². The molecule has 3 rings (SSSR count). The number of rotatable bonds is 7. The number of fused-ring (bicyclic) bond motifs is 1. The second-order valence-corrected chi connectivity index (χ2v) is 10.8. The minimum atomic E-state index is -1.66. The molecule has 1 saturated heterocycles. The van der Waals surface area contributed by atoms with Crippen LogP contribution in [-0.2, 0) is 14.4 Å². The van der Waals surface area contributed by atoms with Gasteiger partial charge in [0, 0.05) is 6.54 Å². The Labute approximate surface area is 172 Å². The normalized spacial score (nSPS) is 30.9. The molecule has 0 aromatic rings. The maximum atomic E-state index is 13.2. The molecule has 3 fully saturated rings. The monoisotopic (exact) mass is 409 g/mol. The molecule has 0 aromatic heterocycles. The summed E-state index contributed by atoms with van der Waals surface area (Å²) in [6, 6.07) is -2.27. The number of carbonyl (C=O) groups is 3. The van der Waals surface area contributed by atoms with E-state index < -0.39 is 35.6 Å². The van der Waals surface area contributed by atoms with Crippen LogP contribution in [0.1, 0.15) is 53.9 Å². The number of piperidine rings is 1. The van der Waals surface area contributed by atoms with Gasteiger partial charge in [-0.25, -0.2) is 4.79 Å². The van der Waals surface area contributed by atoms with Gasteiger partial charge in [-0.1, -0.05) is 47.5 Å². The molecule has 164 valence electrons. The van der Waals surface area contributed by atoms with Gasteiger partial charge >= 0.3 is 5.97 Å². The van der Waals surface area contributed by atoms with Gasteiger partial charge in [-0.05, 0) is 35.0 Å². The van der Waals surface area contributed by atoms with E-state index in [1.165, 1.54) is 0 Å². The SMILES string of the molecule is CC(C)(C)[C@H](N)C(=O)N1C[C@H]2[C@@H]([C@H]1C(=O)NC(CC1CC1)C(O)C(=O)O)C2(C)C. The van der Waals surface area contributed by atoms with Gasteiger partial charge in [0.25, 0.3) is 0 Å². The lowest BCUT2D eigenvalue weighted by atomic mass is 9.86. The fraction of sp³-hybridized carbons (Fsp3) is 0.857. The maximum Gasteiger partial charge on any atom is 0.334 e. The average Bonchev–Trinajstić information content (AvgIpc) is 3.45. The largest absolute Gasteiger partial charge is 0.479 e. The van der Waals surface area contributed by atoms with E-state index in [2.05, 4.69) is 19.2 Å². The van der Waals surface area contributed by atoms with E-state index in [0.717, 1.165) is 12.8 Å². The molecule has 0 spiro atoms. The number of hydrogen-bond acceptors (Lipinski definition) is 5. The first-order valence-corrected chi connectivity index (χ1v) is 10.5. The predicted octanol–water partition coefficient (Wildman–Crippen LogP) is 0.573. The van der Waals surface area contributed by atoms with Crippen LogP contribution < -0.4 is 11.1 Å². The van der Waals surface area contributed by atoms with Crippen molar-refractivity contribution >= 4 is 17.8 Å². The summed E-state index contributed by atoms with van der Waals surface area (Å²) in [5.74, 6) is -1.42. The zero-order valence-corrected chi connectivity index (χ0v) is 18.0. The molecule has 3 aliphatic rings. The first kappa shape index (κ1) is 22.0. The molecule has 0 aromatic carbocycles. The molecule has 2 aliphatic carbocycles. The number of amides is 2. The van der Waals surface area contributed by atoms with E-state index in [9.17, 15) is 24.6 Å². The zero-order chi connectivity index (χ0) is 21.9. The van der Waals surface area contributed by atoms with Crippen LogP contribution in [0.2, 0.25) is 0 Å². The fourth-order valence-corrected chi connectivity index (χ4v) is 4.78. The highest BCUT2D eigenvalue weighted by atomic mass is 16.4. The predicted molar refractivity (Wildman–Crippen MR) is 107 cm³/mol. The highest BCUT2D eigenvalue weighted by Crippen LogP contribution is 2.65. The molecule has 1 aliphatic heterocycles. The molecule has 0 radical (unpaired) electrons. The van der Waals surface area contributed by atoms with E-state index in [0.29, 0.717) is 18.9 Å². The summed E-state index contributed by atoms with van der Waals surface area (Å²) >= 11 is 0. The zero-order valence-electron chi connectivity index (χ0n) is 18.0. The summed E-state index contributed by atoms with van der Waals surface area (Å²) in [7, 11) is 0. The molecule has 2 unspecified atom stereocenters. The van der Waals surface area contributed by atoms with Crippen molar-refractivity contribution < 1.29 is 24.6 Å². The Morgan fingerprint density at radius 3 is 2.31 bits per heavy atom. The lowest BCUT2D eigenvalue weighted by Crippen LogP contribution is -2.59. The molecular weight excluding hydrogens is 374 g/mol. The van der Waals surface area contributed by atoms with Gasteiger partial charge in [0.1, 0.15) is 6.04 Å². The molecule has 29 heavy (non-hydrogen) atoms. The molecule has 6 atom stereocenters. The summed E-state index contributed by atoms with van der Waals surface area (Å²) < 4.78 is 0. The van der Waals surface area contributed by atoms with Crippen LogP contribution in [0.25, 0.3) is 0 Å². The minimum Gasteiger partial charge on any atom is -0.479 e. The van der Waals surface area contributed by atoms with Crippen LogP contribution in [0.15, 0.2) is 0 Å². The van der Waals surface area contributed by atoms with Gasteiger partial charge in [-0.15, -0.1) is 0 Å². The van der Waals surface area contributed by atoms with Crippen LogP contribution in [0.5, 0.6) is 0 Å². The minimum absolute atomic E-state index is 0.0159. The van der Waals surface area contributed by atoms with Crippen LogP contribution in [0, 0.1) is 28.6 Å². The molecule has 2 saturated carbocycles. The Morgan fingerprint density at radius 2 is 1.83 bits per heavy atom. The third kappa shape index (κ3) is 4.14. The average molecular weight is 410 g/mol. The molecular formula is C21H35N3O5. The molecule has 0 bridgehead atoms. The third-order valence-electron chi connectivity index (χ3n) is 7.21. The quantitative estimate of drug-likeness (QED) is 0.486. The Kier molecular flexibility index (Phi) is 5.49. The van der Waals surface area contributed by atoms with E-state index in [4.69, 9.17) is 5.73 Å². The number of aliphatic hydroxyl groups is 1. The number of carboxylic acids is 1. The van der Waals surface area contributed by atoms with Crippen LogP contribution in [0.3, 0.4) is 0 Å². The van der Waals surface area contributed by atoms with E-state index >= 15 is 0 Å². The number of likely N-dealkylation sites (tertiary alicyclic amines) is 1. The highest BCUT2D eigenvalue weighted by molar-refractivity contribution is 5.92. The Hall–Kier alpha value is -1.67. The summed E-state index contributed by atoms with van der Waals surface area (Å²) in [6.45, 7) is 10.3. The fourth-order valence-electron chi connectivity index (χ4n) is 4.78. The molecule has 8 heteroatoms. The summed E-state index contributed by atoms with van der Waals surface area (Å²) in [5, 5.41) is 22.1. The topological polar surface area (TPSA) is 133 Å². The molecule has 2 amide bonds.